The summed E-state index contributed by atoms with van der Waals surface area (Å²) in [7, 11) is 0. The van der Waals surface area contributed by atoms with Crippen molar-refractivity contribution in [1.82, 2.24) is 25.1 Å². The Hall–Kier alpha value is -2.63. The molecule has 4 aromatic heterocycles. The molecule has 5 heterocycles. The first-order valence-electron chi connectivity index (χ1n) is 10.7. The summed E-state index contributed by atoms with van der Waals surface area (Å²) in [4.78, 5) is 18.2. The largest absolute Gasteiger partial charge is 0.370 e. The molecular weight excluding hydrogens is 472 g/mol. The van der Waals surface area contributed by atoms with Crippen LogP contribution in [0.2, 0.25) is 0 Å². The van der Waals surface area contributed by atoms with E-state index in [4.69, 9.17) is 19.7 Å². The van der Waals surface area contributed by atoms with E-state index in [0.717, 1.165) is 75.7 Å². The highest BCUT2D eigenvalue weighted by Gasteiger charge is 2.21. The third kappa shape index (κ3) is 4.44. The van der Waals surface area contributed by atoms with Crippen LogP contribution in [-0.2, 0) is 11.3 Å². The van der Waals surface area contributed by atoms with E-state index < -0.39 is 0 Å². The van der Waals surface area contributed by atoms with Gasteiger partial charge in [-0.1, -0.05) is 36.4 Å². The van der Waals surface area contributed by atoms with Crippen molar-refractivity contribution in [2.45, 2.75) is 16.7 Å². The third-order valence-corrected chi connectivity index (χ3v) is 8.15. The van der Waals surface area contributed by atoms with Crippen molar-refractivity contribution in [1.29, 1.82) is 0 Å². The monoisotopic (exact) mass is 493 g/mol. The minimum absolute atomic E-state index is 0.660. The summed E-state index contributed by atoms with van der Waals surface area (Å²) in [5.74, 6) is 1.64. The first-order chi connectivity index (χ1) is 16.3. The SMILES string of the molecule is c1ccc(-c2csc3nc(C[NH+]4CCOCC4)nc(Sc4n[nH]c(-c5cccs5)n4)c23)cc1. The third-order valence-electron chi connectivity index (χ3n) is 5.55. The molecule has 0 radical (unpaired) electrons. The molecule has 0 unspecified atom stereocenters. The van der Waals surface area contributed by atoms with Crippen molar-refractivity contribution in [2.75, 3.05) is 26.3 Å². The summed E-state index contributed by atoms with van der Waals surface area (Å²) in [6.07, 6.45) is 0. The number of morpholine rings is 1. The topological polar surface area (TPSA) is 81.0 Å². The van der Waals surface area contributed by atoms with Crippen LogP contribution in [0.15, 0.2) is 63.4 Å². The minimum Gasteiger partial charge on any atom is -0.370 e. The highest BCUT2D eigenvalue weighted by atomic mass is 32.2. The number of rotatable bonds is 6. The molecule has 0 saturated carbocycles. The molecule has 0 bridgehead atoms. The van der Waals surface area contributed by atoms with Gasteiger partial charge in [0.15, 0.2) is 11.6 Å². The highest BCUT2D eigenvalue weighted by Crippen LogP contribution is 2.40. The van der Waals surface area contributed by atoms with E-state index in [1.165, 1.54) is 16.7 Å². The number of hydrogen-bond acceptors (Lipinski definition) is 8. The molecule has 2 N–H and O–H groups in total. The van der Waals surface area contributed by atoms with Crippen molar-refractivity contribution >= 4 is 44.7 Å². The van der Waals surface area contributed by atoms with Crippen molar-refractivity contribution in [3.05, 3.63) is 59.0 Å². The number of benzene rings is 1. The van der Waals surface area contributed by atoms with E-state index in [0.29, 0.717) is 5.16 Å². The molecule has 1 aliphatic heterocycles. The van der Waals surface area contributed by atoms with Crippen LogP contribution in [0.5, 0.6) is 0 Å². The first kappa shape index (κ1) is 20.9. The maximum Gasteiger partial charge on any atom is 0.215 e. The lowest BCUT2D eigenvalue weighted by atomic mass is 10.1. The lowest BCUT2D eigenvalue weighted by molar-refractivity contribution is -0.922. The molecule has 1 fully saturated rings. The van der Waals surface area contributed by atoms with Gasteiger partial charge in [0.2, 0.25) is 5.16 Å². The zero-order valence-corrected chi connectivity index (χ0v) is 20.1. The van der Waals surface area contributed by atoms with Gasteiger partial charge in [-0.05, 0) is 28.8 Å². The van der Waals surface area contributed by atoms with E-state index in [1.54, 1.807) is 22.7 Å². The second kappa shape index (κ2) is 9.32. The Morgan fingerprint density at radius 2 is 1.88 bits per heavy atom. The molecule has 1 aromatic carbocycles. The van der Waals surface area contributed by atoms with Gasteiger partial charge in [-0.3, -0.25) is 5.10 Å². The lowest BCUT2D eigenvalue weighted by Gasteiger charge is -2.23. The number of fused-ring (bicyclic) bond motifs is 1. The number of quaternary nitrogens is 1. The van der Waals surface area contributed by atoms with Gasteiger partial charge in [0, 0.05) is 10.9 Å². The Kier molecular flexibility index (Phi) is 5.91. The van der Waals surface area contributed by atoms with Gasteiger partial charge in [0.25, 0.3) is 0 Å². The number of aromatic nitrogens is 5. The highest BCUT2D eigenvalue weighted by molar-refractivity contribution is 7.99. The summed E-state index contributed by atoms with van der Waals surface area (Å²) in [5, 5.41) is 14.4. The van der Waals surface area contributed by atoms with Gasteiger partial charge < -0.3 is 9.64 Å². The van der Waals surface area contributed by atoms with Crippen LogP contribution in [0, 0.1) is 0 Å². The molecule has 0 aliphatic carbocycles. The lowest BCUT2D eigenvalue weighted by Crippen LogP contribution is -3.12. The molecule has 7 nitrogen and oxygen atoms in total. The Bertz CT molecular complexity index is 1360. The van der Waals surface area contributed by atoms with Crippen LogP contribution in [-0.4, -0.2) is 51.5 Å². The molecule has 0 amide bonds. The van der Waals surface area contributed by atoms with E-state index in [-0.39, 0.29) is 0 Å². The molecule has 0 atom stereocenters. The molecule has 10 heteroatoms. The summed E-state index contributed by atoms with van der Waals surface area (Å²) >= 11 is 4.81. The first-order valence-corrected chi connectivity index (χ1v) is 13.3. The number of aromatic amines is 1. The molecule has 33 heavy (non-hydrogen) atoms. The second-order valence-electron chi connectivity index (χ2n) is 7.73. The maximum atomic E-state index is 5.51. The van der Waals surface area contributed by atoms with Crippen LogP contribution < -0.4 is 4.90 Å². The summed E-state index contributed by atoms with van der Waals surface area (Å²) in [5.41, 5.74) is 2.31. The van der Waals surface area contributed by atoms with Crippen molar-refractivity contribution < 1.29 is 9.64 Å². The van der Waals surface area contributed by atoms with Crippen molar-refractivity contribution in [3.63, 3.8) is 0 Å². The number of ether oxygens (including phenoxy) is 1. The minimum atomic E-state index is 0.660. The zero-order valence-electron chi connectivity index (χ0n) is 17.7. The van der Waals surface area contributed by atoms with Crippen LogP contribution in [0.3, 0.4) is 0 Å². The van der Waals surface area contributed by atoms with Gasteiger partial charge >= 0.3 is 0 Å². The fourth-order valence-electron chi connectivity index (χ4n) is 3.90. The molecule has 166 valence electrons. The summed E-state index contributed by atoms with van der Waals surface area (Å²) in [6.45, 7) is 4.33. The smallest absolute Gasteiger partial charge is 0.215 e. The molecule has 0 spiro atoms. The average Bonchev–Trinajstić information content (AvgIpc) is 3.61. The standard InChI is InChI=1S/C23H20N6OS3/c1-2-5-15(6-3-1)16-14-32-21-19(16)22(25-18(24-21)13-29-8-10-30-11-9-29)33-23-26-20(27-28-23)17-7-4-12-31-17/h1-7,12,14H,8-11,13H2,(H,26,27,28)/p+1. The van der Waals surface area contributed by atoms with Crippen LogP contribution >= 0.6 is 34.4 Å². The zero-order chi connectivity index (χ0) is 22.0. The van der Waals surface area contributed by atoms with Gasteiger partial charge in [-0.15, -0.1) is 27.8 Å². The van der Waals surface area contributed by atoms with Crippen LogP contribution in [0.1, 0.15) is 5.82 Å². The Balaban J connectivity index is 1.40. The Morgan fingerprint density at radius 1 is 1.00 bits per heavy atom. The summed E-state index contributed by atoms with van der Waals surface area (Å²) in [6, 6.07) is 14.5. The molecular formula is C23H21N6OS3+. The fraction of sp³-hybridized carbons (Fsp3) is 0.217. The van der Waals surface area contributed by atoms with Gasteiger partial charge in [-0.25, -0.2) is 15.0 Å². The van der Waals surface area contributed by atoms with Gasteiger partial charge in [-0.2, -0.15) is 0 Å². The summed E-state index contributed by atoms with van der Waals surface area (Å²) < 4.78 is 5.51. The van der Waals surface area contributed by atoms with Crippen molar-refractivity contribution in [2.24, 2.45) is 0 Å². The van der Waals surface area contributed by atoms with Crippen LogP contribution in [0.4, 0.5) is 0 Å². The number of H-pyrrole nitrogens is 1. The maximum absolute atomic E-state index is 5.51. The molecule has 6 rings (SSSR count). The van der Waals surface area contributed by atoms with Gasteiger partial charge in [0.1, 0.15) is 29.5 Å². The second-order valence-corrected chi connectivity index (χ2v) is 10.5. The van der Waals surface area contributed by atoms with Crippen LogP contribution in [0.25, 0.3) is 32.0 Å². The van der Waals surface area contributed by atoms with E-state index >= 15 is 0 Å². The number of hydrogen-bond donors (Lipinski definition) is 2. The van der Waals surface area contributed by atoms with Crippen molar-refractivity contribution in [3.8, 4) is 21.8 Å². The normalized spacial score (nSPS) is 14.8. The predicted octanol–water partition coefficient (Wildman–Crippen LogP) is 3.77. The number of nitrogens with zero attached hydrogens (tertiary/aromatic N) is 4. The fourth-order valence-corrected chi connectivity index (χ4v) is 6.45. The number of nitrogens with one attached hydrogen (secondary N) is 2. The molecule has 5 aromatic rings. The quantitative estimate of drug-likeness (QED) is 0.351. The predicted molar refractivity (Wildman–Crippen MR) is 132 cm³/mol. The number of thiophene rings is 2. The van der Waals surface area contributed by atoms with E-state index in [1.807, 2.05) is 23.6 Å². The molecule has 1 aliphatic rings. The van der Waals surface area contributed by atoms with E-state index in [9.17, 15) is 0 Å². The Morgan fingerprint density at radius 3 is 2.70 bits per heavy atom. The van der Waals surface area contributed by atoms with Gasteiger partial charge in [0.05, 0.1) is 23.5 Å². The average molecular weight is 494 g/mol. The van der Waals surface area contributed by atoms with E-state index in [2.05, 4.69) is 39.8 Å². The molecule has 1 saturated heterocycles. The Labute approximate surface area is 202 Å².